The van der Waals surface area contributed by atoms with Crippen LogP contribution >= 0.6 is 0 Å². The summed E-state index contributed by atoms with van der Waals surface area (Å²) in [6.07, 6.45) is 4.65. The van der Waals surface area contributed by atoms with E-state index in [1.807, 2.05) is 31.2 Å². The molecule has 0 bridgehead atoms. The van der Waals surface area contributed by atoms with Gasteiger partial charge in [-0.2, -0.15) is 0 Å². The van der Waals surface area contributed by atoms with Crippen molar-refractivity contribution in [3.63, 3.8) is 0 Å². The van der Waals surface area contributed by atoms with Crippen LogP contribution in [0.25, 0.3) is 0 Å². The Morgan fingerprint density at radius 2 is 2.00 bits per heavy atom. The molecule has 1 atom stereocenters. The van der Waals surface area contributed by atoms with Gasteiger partial charge in [-0.15, -0.1) is 0 Å². The van der Waals surface area contributed by atoms with E-state index in [0.717, 1.165) is 24.2 Å². The molecule has 4 nitrogen and oxygen atoms in total. The molecule has 110 valence electrons. The zero-order valence-electron chi connectivity index (χ0n) is 12.4. The summed E-state index contributed by atoms with van der Waals surface area (Å²) < 4.78 is 10.3. The van der Waals surface area contributed by atoms with Gasteiger partial charge >= 0.3 is 5.97 Å². The smallest absolute Gasteiger partial charge is 0.330 e. The second kappa shape index (κ2) is 6.27. The van der Waals surface area contributed by atoms with Gasteiger partial charge in [-0.25, -0.2) is 4.79 Å². The number of hydrogen-bond donors (Lipinski definition) is 1. The highest BCUT2D eigenvalue weighted by atomic mass is 16.5. The van der Waals surface area contributed by atoms with Crippen LogP contribution in [0.4, 0.5) is 0 Å². The average molecular weight is 277 g/mol. The van der Waals surface area contributed by atoms with E-state index >= 15 is 0 Å². The molecule has 0 amide bonds. The van der Waals surface area contributed by atoms with Gasteiger partial charge in [0.15, 0.2) is 0 Å². The fraction of sp³-hybridized carbons (Fsp3) is 0.562. The predicted octanol–water partition coefficient (Wildman–Crippen LogP) is 2.62. The van der Waals surface area contributed by atoms with Gasteiger partial charge in [0.05, 0.1) is 14.2 Å². The number of esters is 1. The second-order valence-corrected chi connectivity index (χ2v) is 5.47. The van der Waals surface area contributed by atoms with Crippen molar-refractivity contribution in [2.45, 2.75) is 44.2 Å². The Kier molecular flexibility index (Phi) is 4.65. The van der Waals surface area contributed by atoms with E-state index in [4.69, 9.17) is 9.47 Å². The molecule has 2 rings (SSSR count). The number of benzene rings is 1. The number of carbonyl (C=O) groups is 1. The Bertz CT molecular complexity index is 469. The summed E-state index contributed by atoms with van der Waals surface area (Å²) in [5.74, 6) is 0.475. The van der Waals surface area contributed by atoms with E-state index in [1.54, 1.807) is 7.11 Å². The van der Waals surface area contributed by atoms with Crippen molar-refractivity contribution < 1.29 is 14.3 Å². The molecule has 4 heteroatoms. The van der Waals surface area contributed by atoms with Gasteiger partial charge in [0, 0.05) is 6.04 Å². The van der Waals surface area contributed by atoms with Crippen molar-refractivity contribution in [2.75, 3.05) is 14.2 Å². The molecule has 1 fully saturated rings. The summed E-state index contributed by atoms with van der Waals surface area (Å²) in [5, 5.41) is 3.48. The van der Waals surface area contributed by atoms with Crippen molar-refractivity contribution in [3.8, 4) is 5.75 Å². The molecular formula is C16H23NO3. The zero-order valence-corrected chi connectivity index (χ0v) is 12.4. The van der Waals surface area contributed by atoms with E-state index in [0.29, 0.717) is 6.04 Å². The first-order chi connectivity index (χ1) is 9.60. The van der Waals surface area contributed by atoms with Gasteiger partial charge in [0.1, 0.15) is 11.3 Å². The molecule has 0 radical (unpaired) electrons. The van der Waals surface area contributed by atoms with Gasteiger partial charge in [-0.05, 0) is 37.5 Å². The SMILES string of the molecule is COC(=O)C(C)(NC1CCCC1)c1cccc(OC)c1. The van der Waals surface area contributed by atoms with E-state index in [2.05, 4.69) is 5.32 Å². The minimum Gasteiger partial charge on any atom is -0.497 e. The summed E-state index contributed by atoms with van der Waals surface area (Å²) in [5.41, 5.74) is 0.0359. The van der Waals surface area contributed by atoms with E-state index in [1.165, 1.54) is 20.0 Å². The van der Waals surface area contributed by atoms with Gasteiger partial charge in [0.25, 0.3) is 0 Å². The molecule has 1 N–H and O–H groups in total. The summed E-state index contributed by atoms with van der Waals surface area (Å²) in [4.78, 5) is 12.3. The maximum absolute atomic E-state index is 12.3. The standard InChI is InChI=1S/C16H23NO3/c1-16(15(18)20-3,17-13-8-4-5-9-13)12-7-6-10-14(11-12)19-2/h6-7,10-11,13,17H,4-5,8-9H2,1-3H3. The first kappa shape index (κ1) is 14.9. The molecule has 1 saturated carbocycles. The number of carbonyl (C=O) groups excluding carboxylic acids is 1. The largest absolute Gasteiger partial charge is 0.497 e. The predicted molar refractivity (Wildman–Crippen MR) is 77.8 cm³/mol. The highest BCUT2D eigenvalue weighted by Gasteiger charge is 2.39. The van der Waals surface area contributed by atoms with Crippen LogP contribution < -0.4 is 10.1 Å². The highest BCUT2D eigenvalue weighted by molar-refractivity contribution is 5.82. The molecule has 0 heterocycles. The molecule has 20 heavy (non-hydrogen) atoms. The van der Waals surface area contributed by atoms with Crippen LogP contribution in [0.2, 0.25) is 0 Å². The minimum absolute atomic E-state index is 0.266. The summed E-state index contributed by atoms with van der Waals surface area (Å²) in [6.45, 7) is 1.88. The van der Waals surface area contributed by atoms with Gasteiger partial charge < -0.3 is 9.47 Å². The van der Waals surface area contributed by atoms with E-state index in [9.17, 15) is 4.79 Å². The second-order valence-electron chi connectivity index (χ2n) is 5.47. The Morgan fingerprint density at radius 1 is 1.30 bits per heavy atom. The monoisotopic (exact) mass is 277 g/mol. The molecule has 1 aromatic carbocycles. The first-order valence-electron chi connectivity index (χ1n) is 7.11. The van der Waals surface area contributed by atoms with Crippen molar-refractivity contribution in [2.24, 2.45) is 0 Å². The van der Waals surface area contributed by atoms with Gasteiger partial charge in [-0.1, -0.05) is 25.0 Å². The number of rotatable bonds is 5. The van der Waals surface area contributed by atoms with E-state index in [-0.39, 0.29) is 5.97 Å². The van der Waals surface area contributed by atoms with Crippen molar-refractivity contribution in [1.29, 1.82) is 0 Å². The molecule has 1 aliphatic carbocycles. The lowest BCUT2D eigenvalue weighted by Gasteiger charge is -2.32. The highest BCUT2D eigenvalue weighted by Crippen LogP contribution is 2.29. The maximum Gasteiger partial charge on any atom is 0.330 e. The molecule has 0 aliphatic heterocycles. The molecule has 1 unspecified atom stereocenters. The fourth-order valence-corrected chi connectivity index (χ4v) is 2.88. The van der Waals surface area contributed by atoms with Crippen LogP contribution in [0.1, 0.15) is 38.2 Å². The van der Waals surface area contributed by atoms with Crippen LogP contribution in [0, 0.1) is 0 Å². The van der Waals surface area contributed by atoms with Crippen LogP contribution in [0.3, 0.4) is 0 Å². The van der Waals surface area contributed by atoms with Gasteiger partial charge in [0.2, 0.25) is 0 Å². The molecule has 0 spiro atoms. The molecule has 1 aromatic rings. The molecule has 0 aromatic heterocycles. The van der Waals surface area contributed by atoms with E-state index < -0.39 is 5.54 Å². The topological polar surface area (TPSA) is 47.6 Å². The number of methoxy groups -OCH3 is 2. The average Bonchev–Trinajstić information content (AvgIpc) is 2.99. The summed E-state index contributed by atoms with van der Waals surface area (Å²) in [7, 11) is 3.05. The third-order valence-corrected chi connectivity index (χ3v) is 4.09. The Hall–Kier alpha value is -1.55. The number of hydrogen-bond acceptors (Lipinski definition) is 4. The Morgan fingerprint density at radius 3 is 2.60 bits per heavy atom. The van der Waals surface area contributed by atoms with Crippen LogP contribution in [0.15, 0.2) is 24.3 Å². The van der Waals surface area contributed by atoms with Crippen molar-refractivity contribution >= 4 is 5.97 Å². The Balaban J connectivity index is 2.31. The summed E-state index contributed by atoms with van der Waals surface area (Å²) in [6, 6.07) is 7.95. The maximum atomic E-state index is 12.3. The minimum atomic E-state index is -0.835. The van der Waals surface area contributed by atoms with Crippen molar-refractivity contribution in [3.05, 3.63) is 29.8 Å². The number of nitrogens with one attached hydrogen (secondary N) is 1. The lowest BCUT2D eigenvalue weighted by Crippen LogP contribution is -2.51. The van der Waals surface area contributed by atoms with Crippen LogP contribution in [-0.4, -0.2) is 26.2 Å². The lowest BCUT2D eigenvalue weighted by atomic mass is 9.90. The lowest BCUT2D eigenvalue weighted by molar-refractivity contribution is -0.148. The third kappa shape index (κ3) is 2.96. The van der Waals surface area contributed by atoms with Gasteiger partial charge in [-0.3, -0.25) is 5.32 Å². The third-order valence-electron chi connectivity index (χ3n) is 4.09. The quantitative estimate of drug-likeness (QED) is 0.840. The Labute approximate surface area is 120 Å². The normalized spacial score (nSPS) is 18.6. The zero-order chi connectivity index (χ0) is 14.6. The van der Waals surface area contributed by atoms with Crippen molar-refractivity contribution in [1.82, 2.24) is 5.32 Å². The molecule has 0 saturated heterocycles. The first-order valence-corrected chi connectivity index (χ1v) is 7.11. The van der Waals surface area contributed by atoms with Crippen LogP contribution in [-0.2, 0) is 15.1 Å². The molecular weight excluding hydrogens is 254 g/mol. The number of ether oxygens (including phenoxy) is 2. The summed E-state index contributed by atoms with van der Waals surface area (Å²) >= 11 is 0. The van der Waals surface area contributed by atoms with Crippen LogP contribution in [0.5, 0.6) is 5.75 Å². The fourth-order valence-electron chi connectivity index (χ4n) is 2.88. The molecule has 1 aliphatic rings.